The van der Waals surface area contributed by atoms with Crippen LogP contribution in [0.2, 0.25) is 0 Å². The van der Waals surface area contributed by atoms with Crippen LogP contribution in [0.3, 0.4) is 0 Å². The van der Waals surface area contributed by atoms with Gasteiger partial charge in [-0.1, -0.05) is 48.5 Å². The first kappa shape index (κ1) is 23.2. The van der Waals surface area contributed by atoms with E-state index in [0.29, 0.717) is 16.9 Å². The first-order chi connectivity index (χ1) is 17.2. The van der Waals surface area contributed by atoms with Crippen LogP contribution in [0.5, 0.6) is 0 Å². The molecule has 0 aliphatic carbocycles. The van der Waals surface area contributed by atoms with Crippen molar-refractivity contribution >= 4 is 17.2 Å². The molecular formula is C26H20F3N5O2. The molecule has 0 fully saturated rings. The predicted octanol–water partition coefficient (Wildman–Crippen LogP) is 5.07. The van der Waals surface area contributed by atoms with E-state index in [0.717, 1.165) is 16.7 Å². The number of hydrogen-bond donors (Lipinski definition) is 1. The Bertz CT molecular complexity index is 1650. The lowest BCUT2D eigenvalue weighted by atomic mass is 10.1. The highest BCUT2D eigenvalue weighted by atomic mass is 19.4. The molecule has 3 aromatic heterocycles. The van der Waals surface area contributed by atoms with Crippen LogP contribution in [-0.4, -0.2) is 24.7 Å². The molecule has 0 radical (unpaired) electrons. The Morgan fingerprint density at radius 2 is 1.61 bits per heavy atom. The van der Waals surface area contributed by atoms with Crippen molar-refractivity contribution in [3.05, 3.63) is 106 Å². The Kier molecular flexibility index (Phi) is 5.51. The van der Waals surface area contributed by atoms with E-state index in [1.54, 1.807) is 73.3 Å². The number of fused-ring (bicyclic) bond motifs is 1. The van der Waals surface area contributed by atoms with E-state index in [-0.39, 0.29) is 22.6 Å². The van der Waals surface area contributed by atoms with Gasteiger partial charge in [0.05, 0.1) is 22.6 Å². The van der Waals surface area contributed by atoms with Crippen LogP contribution in [0, 0.1) is 6.92 Å². The maximum Gasteiger partial charge on any atom is 0.431 e. The normalized spacial score (nSPS) is 11.7. The molecule has 10 heteroatoms. The molecule has 3 heterocycles. The van der Waals surface area contributed by atoms with Crippen LogP contribution < -0.4 is 10.9 Å². The molecule has 1 N–H and O–H groups in total. The number of aromatic nitrogens is 4. The van der Waals surface area contributed by atoms with Crippen molar-refractivity contribution in [1.29, 1.82) is 0 Å². The average Bonchev–Trinajstić information content (AvgIpc) is 3.38. The second kappa shape index (κ2) is 8.56. The molecular weight excluding hydrogens is 471 g/mol. The van der Waals surface area contributed by atoms with Gasteiger partial charge in [-0.2, -0.15) is 13.2 Å². The van der Waals surface area contributed by atoms with Crippen molar-refractivity contribution < 1.29 is 18.0 Å². The van der Waals surface area contributed by atoms with E-state index in [1.807, 2.05) is 6.07 Å². The van der Waals surface area contributed by atoms with E-state index in [2.05, 4.69) is 10.3 Å². The first-order valence-corrected chi connectivity index (χ1v) is 11.0. The summed E-state index contributed by atoms with van der Waals surface area (Å²) in [5.41, 5.74) is -0.0271. The fourth-order valence-corrected chi connectivity index (χ4v) is 4.12. The molecule has 0 atom stereocenters. The Morgan fingerprint density at radius 1 is 0.972 bits per heavy atom. The number of anilines is 1. The molecule has 5 rings (SSSR count). The zero-order valence-electron chi connectivity index (χ0n) is 19.2. The monoisotopic (exact) mass is 491 g/mol. The first-order valence-electron chi connectivity index (χ1n) is 11.0. The quantitative estimate of drug-likeness (QED) is 0.382. The van der Waals surface area contributed by atoms with Gasteiger partial charge < -0.3 is 5.32 Å². The molecule has 5 aromatic rings. The van der Waals surface area contributed by atoms with Crippen molar-refractivity contribution in [2.45, 2.75) is 13.1 Å². The number of carbonyl (C=O) groups is 1. The number of nitrogens with one attached hydrogen (secondary N) is 1. The molecule has 1 amide bonds. The SMILES string of the molecule is Cc1c(NC(=O)c2ccn3c(C(F)(F)F)cc(-c4ccccc4)nc23)c(=O)n(-c2ccccc2)n1C. The summed E-state index contributed by atoms with van der Waals surface area (Å²) in [6, 6.07) is 19.5. The van der Waals surface area contributed by atoms with Crippen LogP contribution in [-0.2, 0) is 13.2 Å². The molecule has 0 aliphatic heterocycles. The van der Waals surface area contributed by atoms with Gasteiger partial charge in [-0.15, -0.1) is 0 Å². The number of benzene rings is 2. The lowest BCUT2D eigenvalue weighted by Crippen LogP contribution is -2.23. The van der Waals surface area contributed by atoms with E-state index in [9.17, 15) is 22.8 Å². The second-order valence-corrected chi connectivity index (χ2v) is 8.20. The number of para-hydroxylation sites is 1. The molecule has 36 heavy (non-hydrogen) atoms. The third kappa shape index (κ3) is 3.86. The van der Waals surface area contributed by atoms with Gasteiger partial charge in [-0.05, 0) is 31.2 Å². The Balaban J connectivity index is 1.61. The Morgan fingerprint density at radius 3 is 2.25 bits per heavy atom. The fraction of sp³-hybridized carbons (Fsp3) is 0.115. The van der Waals surface area contributed by atoms with Crippen LogP contribution in [0.15, 0.2) is 83.8 Å². The molecule has 2 aromatic carbocycles. The lowest BCUT2D eigenvalue weighted by molar-refractivity contribution is -0.142. The predicted molar refractivity (Wildman–Crippen MR) is 129 cm³/mol. The minimum absolute atomic E-state index is 0.0287. The van der Waals surface area contributed by atoms with Crippen molar-refractivity contribution in [2.24, 2.45) is 7.05 Å². The molecule has 0 spiro atoms. The third-order valence-corrected chi connectivity index (χ3v) is 6.02. The number of hydrogen-bond acceptors (Lipinski definition) is 3. The maximum atomic E-state index is 13.9. The molecule has 7 nitrogen and oxygen atoms in total. The number of carbonyl (C=O) groups excluding carboxylic acids is 1. The van der Waals surface area contributed by atoms with Gasteiger partial charge in [0.1, 0.15) is 11.4 Å². The number of amides is 1. The number of alkyl halides is 3. The summed E-state index contributed by atoms with van der Waals surface area (Å²) in [7, 11) is 1.68. The largest absolute Gasteiger partial charge is 0.431 e. The van der Waals surface area contributed by atoms with Crippen molar-refractivity contribution in [2.75, 3.05) is 5.32 Å². The van der Waals surface area contributed by atoms with Gasteiger partial charge in [-0.3, -0.25) is 18.7 Å². The van der Waals surface area contributed by atoms with Crippen LogP contribution >= 0.6 is 0 Å². The van der Waals surface area contributed by atoms with E-state index in [1.165, 1.54) is 10.7 Å². The topological polar surface area (TPSA) is 73.3 Å². The lowest BCUT2D eigenvalue weighted by Gasteiger charge is -2.13. The van der Waals surface area contributed by atoms with Crippen LogP contribution in [0.25, 0.3) is 22.6 Å². The highest BCUT2D eigenvalue weighted by Crippen LogP contribution is 2.33. The van der Waals surface area contributed by atoms with E-state index >= 15 is 0 Å². The van der Waals surface area contributed by atoms with E-state index < -0.39 is 23.3 Å². The zero-order valence-corrected chi connectivity index (χ0v) is 19.2. The zero-order chi connectivity index (χ0) is 25.6. The van der Waals surface area contributed by atoms with Crippen molar-refractivity contribution in [1.82, 2.24) is 18.7 Å². The second-order valence-electron chi connectivity index (χ2n) is 8.20. The van der Waals surface area contributed by atoms with Crippen LogP contribution in [0.4, 0.5) is 18.9 Å². The number of halogens is 3. The maximum absolute atomic E-state index is 13.9. The molecule has 0 saturated heterocycles. The molecule has 0 unspecified atom stereocenters. The summed E-state index contributed by atoms with van der Waals surface area (Å²) in [6.45, 7) is 1.67. The van der Waals surface area contributed by atoms with Crippen molar-refractivity contribution in [3.8, 4) is 16.9 Å². The summed E-state index contributed by atoms with van der Waals surface area (Å²) < 4.78 is 45.5. The van der Waals surface area contributed by atoms with E-state index in [4.69, 9.17) is 0 Å². The highest BCUT2D eigenvalue weighted by Gasteiger charge is 2.35. The number of nitrogens with zero attached hydrogens (tertiary/aromatic N) is 4. The van der Waals surface area contributed by atoms with Gasteiger partial charge in [0.2, 0.25) is 0 Å². The summed E-state index contributed by atoms with van der Waals surface area (Å²) in [6.07, 6.45) is -3.54. The summed E-state index contributed by atoms with van der Waals surface area (Å²) in [5.74, 6) is -0.741. The molecule has 182 valence electrons. The standard InChI is InChI=1S/C26H20F3N5O2/c1-16-22(25(36)34(32(16)2)18-11-7-4-8-12-18)31-24(35)19-13-14-33-21(26(27,28)29)15-20(30-23(19)33)17-9-5-3-6-10-17/h3-15H,1-2H3,(H,31,35). The van der Waals surface area contributed by atoms with Gasteiger partial charge in [0.25, 0.3) is 11.5 Å². The highest BCUT2D eigenvalue weighted by molar-refractivity contribution is 6.08. The minimum Gasteiger partial charge on any atom is -0.316 e. The number of rotatable bonds is 4. The Hall–Kier alpha value is -4.60. The van der Waals surface area contributed by atoms with Crippen molar-refractivity contribution in [3.63, 3.8) is 0 Å². The smallest absolute Gasteiger partial charge is 0.316 e. The van der Waals surface area contributed by atoms with Gasteiger partial charge >= 0.3 is 6.18 Å². The van der Waals surface area contributed by atoms with Gasteiger partial charge in [-0.25, -0.2) is 9.67 Å². The molecule has 0 bridgehead atoms. The minimum atomic E-state index is -4.68. The third-order valence-electron chi connectivity index (χ3n) is 6.02. The van der Waals surface area contributed by atoms with Gasteiger partial charge in [0, 0.05) is 18.8 Å². The fourth-order valence-electron chi connectivity index (χ4n) is 4.12. The summed E-state index contributed by atoms with van der Waals surface area (Å²) in [5, 5.41) is 2.59. The Labute approximate surface area is 203 Å². The summed E-state index contributed by atoms with van der Waals surface area (Å²) >= 11 is 0. The van der Waals surface area contributed by atoms with Crippen LogP contribution in [0.1, 0.15) is 21.7 Å². The molecule has 0 aliphatic rings. The average molecular weight is 491 g/mol. The molecule has 0 saturated carbocycles. The summed E-state index contributed by atoms with van der Waals surface area (Å²) in [4.78, 5) is 30.8. The van der Waals surface area contributed by atoms with Gasteiger partial charge in [0.15, 0.2) is 5.65 Å².